The quantitative estimate of drug-likeness (QED) is 0.557. The van der Waals surface area contributed by atoms with Gasteiger partial charge in [-0.3, -0.25) is 14.7 Å². The summed E-state index contributed by atoms with van der Waals surface area (Å²) in [5.41, 5.74) is -2.21. The molecule has 0 aromatic carbocycles. The van der Waals surface area contributed by atoms with Crippen molar-refractivity contribution in [3.8, 4) is 0 Å². The second-order valence-electron chi connectivity index (χ2n) is 9.07. The van der Waals surface area contributed by atoms with Crippen LogP contribution in [0.5, 0.6) is 0 Å². The van der Waals surface area contributed by atoms with Crippen LogP contribution in [-0.2, 0) is 23.6 Å². The van der Waals surface area contributed by atoms with E-state index < -0.39 is 47.0 Å². The number of urea groups is 1. The molecule has 1 atom stereocenters. The zero-order valence-electron chi connectivity index (χ0n) is 18.5. The molecule has 1 aliphatic rings. The topological polar surface area (TPSA) is 66.4 Å². The van der Waals surface area contributed by atoms with Crippen molar-refractivity contribution in [2.24, 2.45) is 5.41 Å². The molecule has 2 aromatic rings. The van der Waals surface area contributed by atoms with Crippen molar-refractivity contribution in [2.75, 3.05) is 18.0 Å². The monoisotopic (exact) mass is 488 g/mol. The molecule has 1 saturated heterocycles. The Hall–Kier alpha value is -3.18. The molecule has 6 nitrogen and oxygen atoms in total. The van der Waals surface area contributed by atoms with E-state index in [1.807, 2.05) is 20.8 Å². The van der Waals surface area contributed by atoms with E-state index in [1.165, 1.54) is 9.80 Å². The first-order valence-electron chi connectivity index (χ1n) is 10.2. The molecule has 0 bridgehead atoms. The number of carbonyl (C=O) groups excluding carboxylic acids is 2. The SMILES string of the molecule is CC(C)(C)[C@H]1CN(c2ccc(C(F)(F)F)nc2)C(=O)N1CC(=O)Cc1ccc(C(F)(F)F)nc1. The van der Waals surface area contributed by atoms with E-state index in [4.69, 9.17) is 0 Å². The number of rotatable bonds is 5. The Morgan fingerprint density at radius 1 is 0.941 bits per heavy atom. The lowest BCUT2D eigenvalue weighted by atomic mass is 9.86. The highest BCUT2D eigenvalue weighted by molar-refractivity contribution is 5.97. The molecular formula is C22H22F6N4O2. The van der Waals surface area contributed by atoms with Crippen LogP contribution >= 0.6 is 0 Å². The third kappa shape index (κ3) is 5.65. The van der Waals surface area contributed by atoms with E-state index in [9.17, 15) is 35.9 Å². The molecular weight excluding hydrogens is 466 g/mol. The summed E-state index contributed by atoms with van der Waals surface area (Å²) in [5.74, 6) is -0.420. The lowest BCUT2D eigenvalue weighted by Gasteiger charge is -2.33. The van der Waals surface area contributed by atoms with Gasteiger partial charge >= 0.3 is 18.4 Å². The lowest BCUT2D eigenvalue weighted by molar-refractivity contribution is -0.142. The maximum Gasteiger partial charge on any atom is 0.433 e. The molecule has 2 aromatic heterocycles. The number of hydrogen-bond acceptors (Lipinski definition) is 4. The fraction of sp³-hybridized carbons (Fsp3) is 0.455. The predicted octanol–water partition coefficient (Wildman–Crippen LogP) is 4.98. The summed E-state index contributed by atoms with van der Waals surface area (Å²) in [6.07, 6.45) is -7.52. The maximum atomic E-state index is 13.1. The lowest BCUT2D eigenvalue weighted by Crippen LogP contribution is -2.45. The molecule has 0 saturated carbocycles. The van der Waals surface area contributed by atoms with Crippen molar-refractivity contribution in [3.63, 3.8) is 0 Å². The third-order valence-corrected chi connectivity index (χ3v) is 5.42. The predicted molar refractivity (Wildman–Crippen MR) is 110 cm³/mol. The minimum Gasteiger partial charge on any atom is -0.312 e. The average molecular weight is 488 g/mol. The fourth-order valence-electron chi connectivity index (χ4n) is 3.66. The maximum absolute atomic E-state index is 13.1. The van der Waals surface area contributed by atoms with Gasteiger partial charge < -0.3 is 4.90 Å². The van der Waals surface area contributed by atoms with Crippen LogP contribution in [0.3, 0.4) is 0 Å². The van der Waals surface area contributed by atoms with Gasteiger partial charge in [-0.1, -0.05) is 26.8 Å². The van der Waals surface area contributed by atoms with Gasteiger partial charge in [-0.05, 0) is 29.2 Å². The van der Waals surface area contributed by atoms with E-state index in [0.717, 1.165) is 36.7 Å². The summed E-state index contributed by atoms with van der Waals surface area (Å²) < 4.78 is 76.4. The number of ketones is 1. The van der Waals surface area contributed by atoms with Crippen molar-refractivity contribution in [1.82, 2.24) is 14.9 Å². The van der Waals surface area contributed by atoms with Crippen LogP contribution in [0.15, 0.2) is 36.7 Å². The van der Waals surface area contributed by atoms with Gasteiger partial charge in [0.25, 0.3) is 0 Å². The highest BCUT2D eigenvalue weighted by atomic mass is 19.4. The first-order valence-corrected chi connectivity index (χ1v) is 10.2. The van der Waals surface area contributed by atoms with E-state index in [-0.39, 0.29) is 30.8 Å². The Labute approximate surface area is 191 Å². The number of carbonyl (C=O) groups is 2. The van der Waals surface area contributed by atoms with Crippen molar-refractivity contribution in [1.29, 1.82) is 0 Å². The Morgan fingerprint density at radius 2 is 1.50 bits per heavy atom. The van der Waals surface area contributed by atoms with Gasteiger partial charge in [0.1, 0.15) is 11.4 Å². The number of anilines is 1. The molecule has 0 N–H and O–H groups in total. The van der Waals surface area contributed by atoms with E-state index >= 15 is 0 Å². The van der Waals surface area contributed by atoms with E-state index in [2.05, 4.69) is 9.97 Å². The van der Waals surface area contributed by atoms with Crippen LogP contribution in [0.2, 0.25) is 0 Å². The summed E-state index contributed by atoms with van der Waals surface area (Å²) in [6.45, 7) is 5.39. The molecule has 0 spiro atoms. The second kappa shape index (κ2) is 8.88. The highest BCUT2D eigenvalue weighted by Gasteiger charge is 2.44. The molecule has 3 rings (SSSR count). The number of pyridine rings is 2. The van der Waals surface area contributed by atoms with Crippen LogP contribution in [0, 0.1) is 5.41 Å². The van der Waals surface area contributed by atoms with Crippen LogP contribution in [-0.4, -0.2) is 45.8 Å². The van der Waals surface area contributed by atoms with Crippen LogP contribution < -0.4 is 4.90 Å². The largest absolute Gasteiger partial charge is 0.433 e. The normalized spacial score (nSPS) is 17.4. The summed E-state index contributed by atoms with van der Waals surface area (Å²) in [7, 11) is 0. The van der Waals surface area contributed by atoms with Crippen LogP contribution in [0.1, 0.15) is 37.7 Å². The second-order valence-corrected chi connectivity index (χ2v) is 9.07. The first kappa shape index (κ1) is 25.4. The molecule has 1 aliphatic heterocycles. The minimum atomic E-state index is -4.62. The van der Waals surface area contributed by atoms with Crippen molar-refractivity contribution >= 4 is 17.5 Å². The van der Waals surface area contributed by atoms with Crippen molar-refractivity contribution in [3.05, 3.63) is 53.6 Å². The molecule has 1 fully saturated rings. The Kier molecular flexibility index (Phi) is 6.64. The Balaban J connectivity index is 1.76. The smallest absolute Gasteiger partial charge is 0.312 e. The van der Waals surface area contributed by atoms with E-state index in [0.29, 0.717) is 0 Å². The zero-order valence-corrected chi connectivity index (χ0v) is 18.5. The number of hydrogen-bond donors (Lipinski definition) is 0. The van der Waals surface area contributed by atoms with Gasteiger partial charge in [0.05, 0.1) is 24.5 Å². The molecule has 0 radical (unpaired) electrons. The van der Waals surface area contributed by atoms with Crippen molar-refractivity contribution in [2.45, 2.75) is 45.6 Å². The molecule has 2 amide bonds. The standard InChI is InChI=1S/C22H22F6N4O2/c1-20(2,3)18-12-31(14-5-7-17(30-10-14)22(26,27)28)19(34)32(18)11-15(33)8-13-4-6-16(29-9-13)21(23,24)25/h4-7,9-10,18H,8,11-12H2,1-3H3/t18-/m1/s1. The zero-order chi connectivity index (χ0) is 25.5. The van der Waals surface area contributed by atoms with Crippen LogP contribution in [0.25, 0.3) is 0 Å². The number of halogens is 6. The molecule has 12 heteroatoms. The number of amides is 2. The van der Waals surface area contributed by atoms with Gasteiger partial charge in [0.15, 0.2) is 5.78 Å². The van der Waals surface area contributed by atoms with Gasteiger partial charge in [0, 0.05) is 19.2 Å². The summed E-state index contributed by atoms with van der Waals surface area (Å²) in [5, 5.41) is 0. The summed E-state index contributed by atoms with van der Waals surface area (Å²) in [6, 6.07) is 2.84. The van der Waals surface area contributed by atoms with Crippen LogP contribution in [0.4, 0.5) is 36.8 Å². The number of alkyl halides is 6. The molecule has 0 aliphatic carbocycles. The number of aromatic nitrogens is 2. The minimum absolute atomic E-state index is 0.129. The average Bonchev–Trinajstić information content (AvgIpc) is 3.03. The molecule has 34 heavy (non-hydrogen) atoms. The number of Topliss-reactive ketones (excluding diaryl/α,β-unsaturated/α-hetero) is 1. The first-order chi connectivity index (χ1) is 15.6. The molecule has 184 valence electrons. The summed E-state index contributed by atoms with van der Waals surface area (Å²) >= 11 is 0. The molecule has 0 unspecified atom stereocenters. The van der Waals surface area contributed by atoms with Crippen molar-refractivity contribution < 1.29 is 35.9 Å². The Morgan fingerprint density at radius 3 is 1.94 bits per heavy atom. The third-order valence-electron chi connectivity index (χ3n) is 5.42. The Bertz CT molecular complexity index is 1040. The summed E-state index contributed by atoms with van der Waals surface area (Å²) in [4.78, 5) is 35.1. The van der Waals surface area contributed by atoms with E-state index in [1.54, 1.807) is 0 Å². The van der Waals surface area contributed by atoms with Gasteiger partial charge in [0.2, 0.25) is 0 Å². The number of nitrogens with zero attached hydrogens (tertiary/aromatic N) is 4. The molecule has 3 heterocycles. The fourth-order valence-corrected chi connectivity index (χ4v) is 3.66. The van der Waals surface area contributed by atoms with Gasteiger partial charge in [-0.2, -0.15) is 26.3 Å². The van der Waals surface area contributed by atoms with Gasteiger partial charge in [-0.15, -0.1) is 0 Å². The van der Waals surface area contributed by atoms with Gasteiger partial charge in [-0.25, -0.2) is 9.78 Å². The highest BCUT2D eigenvalue weighted by Crippen LogP contribution is 2.35.